The molecule has 2 atom stereocenters. The smallest absolute Gasteiger partial charge is 0.547 e. The Labute approximate surface area is 123 Å². The Morgan fingerprint density at radius 2 is 1.17 bits per heavy atom. The van der Waals surface area contributed by atoms with Crippen LogP contribution in [0.4, 0.5) is 0 Å². The van der Waals surface area contributed by atoms with Crippen LogP contribution in [-0.4, -0.2) is 83.2 Å². The van der Waals surface area contributed by atoms with Crippen molar-refractivity contribution in [2.24, 2.45) is 0 Å². The molecule has 0 aliphatic carbocycles. The average Bonchev–Trinajstić information content (AvgIpc) is 1.84. The molecule has 12 heavy (non-hydrogen) atoms. The molecule has 0 spiro atoms. The molecule has 0 aromatic rings. The van der Waals surface area contributed by atoms with Crippen molar-refractivity contribution in [3.05, 3.63) is 0 Å². The maximum absolute atomic E-state index is 9.63. The van der Waals surface area contributed by atoms with Gasteiger partial charge in [-0.25, -0.2) is 0 Å². The predicted molar refractivity (Wildman–Crippen MR) is 27.8 cm³/mol. The molecule has 6 nitrogen and oxygen atoms in total. The first-order chi connectivity index (χ1) is 4.46. The predicted octanol–water partition coefficient (Wildman–Crippen LogP) is -5.18. The van der Waals surface area contributed by atoms with E-state index in [0.29, 0.717) is 0 Å². The van der Waals surface area contributed by atoms with Crippen molar-refractivity contribution in [3.8, 4) is 0 Å². The van der Waals surface area contributed by atoms with Crippen LogP contribution >= 0.6 is 0 Å². The van der Waals surface area contributed by atoms with Gasteiger partial charge in [-0.3, -0.25) is 0 Å². The molecule has 60 valence electrons. The summed E-state index contributed by atoms with van der Waals surface area (Å²) >= 11 is 0. The Morgan fingerprint density at radius 3 is 1.25 bits per heavy atom. The molecule has 0 fully saturated rings. The molecular weight excluding hydrogens is 329 g/mol. The summed E-state index contributed by atoms with van der Waals surface area (Å²) in [7, 11) is 0. The van der Waals surface area contributed by atoms with Crippen molar-refractivity contribution in [3.63, 3.8) is 0 Å². The van der Waals surface area contributed by atoms with Gasteiger partial charge in [0.1, 0.15) is 12.2 Å². The van der Waals surface area contributed by atoms with Crippen LogP contribution in [0.25, 0.3) is 0 Å². The molecule has 8 heteroatoms. The SMILES string of the molecule is O=C([O-])C(O)C(O)C(=O)[O-].[Ba+2].[Ti+2]. The zero-order valence-corrected chi connectivity index (χ0v) is 11.9. The number of rotatable bonds is 3. The Kier molecular flexibility index (Phi) is 13.7. The standard InChI is InChI=1S/C4H6O6.Ba.Ti/c5-1(3(7)8)2(6)4(9)10;;/h1-2,5-6H,(H,7,8)(H,9,10);;/q;2*+2/p-2. The van der Waals surface area contributed by atoms with Gasteiger partial charge in [-0.15, -0.1) is 0 Å². The van der Waals surface area contributed by atoms with Crippen LogP contribution in [-0.2, 0) is 31.3 Å². The van der Waals surface area contributed by atoms with Crippen molar-refractivity contribution < 1.29 is 51.7 Å². The Bertz CT molecular complexity index is 144. The molecule has 0 saturated heterocycles. The summed E-state index contributed by atoms with van der Waals surface area (Å²) in [6.45, 7) is 0. The third-order valence-electron chi connectivity index (χ3n) is 0.782. The first-order valence-electron chi connectivity index (χ1n) is 2.24. The van der Waals surface area contributed by atoms with Crippen molar-refractivity contribution in [2.75, 3.05) is 0 Å². The van der Waals surface area contributed by atoms with E-state index in [4.69, 9.17) is 10.2 Å². The minimum absolute atomic E-state index is 0. The Balaban J connectivity index is -0.000000405. The molecule has 0 saturated carbocycles. The van der Waals surface area contributed by atoms with Crippen molar-refractivity contribution in [1.82, 2.24) is 0 Å². The van der Waals surface area contributed by atoms with Gasteiger partial charge in [0.25, 0.3) is 0 Å². The van der Waals surface area contributed by atoms with E-state index in [-0.39, 0.29) is 70.6 Å². The quantitative estimate of drug-likeness (QED) is 0.498. The molecule has 0 rings (SSSR count). The summed E-state index contributed by atoms with van der Waals surface area (Å²) in [5, 5.41) is 35.7. The van der Waals surface area contributed by atoms with Crippen molar-refractivity contribution in [1.29, 1.82) is 0 Å². The summed E-state index contributed by atoms with van der Waals surface area (Å²) < 4.78 is 0. The van der Waals surface area contributed by atoms with E-state index in [1.165, 1.54) is 0 Å². The number of carbonyl (C=O) groups is 2. The fourth-order valence-corrected chi connectivity index (χ4v) is 0.258. The van der Waals surface area contributed by atoms with Gasteiger partial charge in [0.05, 0.1) is 11.9 Å². The summed E-state index contributed by atoms with van der Waals surface area (Å²) in [6, 6.07) is 0. The number of aliphatic hydroxyl groups excluding tert-OH is 2. The van der Waals surface area contributed by atoms with Crippen LogP contribution in [0.3, 0.4) is 0 Å². The minimum Gasteiger partial charge on any atom is -0.547 e. The van der Waals surface area contributed by atoms with Crippen LogP contribution in [0.15, 0.2) is 0 Å². The zero-order chi connectivity index (χ0) is 8.31. The monoisotopic (exact) mass is 334 g/mol. The largest absolute Gasteiger partial charge is 2.00 e. The molecule has 0 radical (unpaired) electrons. The zero-order valence-electron chi connectivity index (χ0n) is 5.89. The van der Waals surface area contributed by atoms with Crippen LogP contribution in [0.5, 0.6) is 0 Å². The van der Waals surface area contributed by atoms with Gasteiger partial charge in [-0.1, -0.05) is 0 Å². The molecule has 0 aliphatic rings. The molecule has 0 heterocycles. The van der Waals surface area contributed by atoms with E-state index in [0.717, 1.165) is 0 Å². The van der Waals surface area contributed by atoms with Gasteiger partial charge >= 0.3 is 70.6 Å². The van der Waals surface area contributed by atoms with Gasteiger partial charge in [-0.05, 0) is 0 Å². The Morgan fingerprint density at radius 1 is 1.00 bits per heavy atom. The number of hydrogen-bond acceptors (Lipinski definition) is 6. The van der Waals surface area contributed by atoms with Crippen LogP contribution in [0.2, 0.25) is 0 Å². The summed E-state index contributed by atoms with van der Waals surface area (Å²) in [5.74, 6) is -4.12. The van der Waals surface area contributed by atoms with Crippen LogP contribution < -0.4 is 10.2 Å². The topological polar surface area (TPSA) is 121 Å². The number of carboxylic acid groups (broad SMARTS) is 2. The van der Waals surface area contributed by atoms with Gasteiger partial charge < -0.3 is 30.0 Å². The molecule has 2 unspecified atom stereocenters. The van der Waals surface area contributed by atoms with Crippen molar-refractivity contribution >= 4 is 60.8 Å². The molecule has 0 amide bonds. The van der Waals surface area contributed by atoms with Gasteiger partial charge in [0.2, 0.25) is 0 Å². The molecule has 0 aromatic carbocycles. The maximum Gasteiger partial charge on any atom is 2.00 e. The van der Waals surface area contributed by atoms with E-state index < -0.39 is 24.1 Å². The second kappa shape index (κ2) is 8.73. The number of carbonyl (C=O) groups excluding carboxylic acids is 2. The van der Waals surface area contributed by atoms with Gasteiger partial charge in [0.15, 0.2) is 0 Å². The molecule has 0 aliphatic heterocycles. The number of carboxylic acids is 2. The molecule has 0 bridgehead atoms. The average molecular weight is 333 g/mol. The molecular formula is C4H4BaO6Ti+2. The first kappa shape index (κ1) is 18.8. The fraction of sp³-hybridized carbons (Fsp3) is 0.500. The van der Waals surface area contributed by atoms with Gasteiger partial charge in [0, 0.05) is 0 Å². The number of aliphatic hydroxyl groups is 2. The first-order valence-corrected chi connectivity index (χ1v) is 2.24. The minimum atomic E-state index is -2.44. The third kappa shape index (κ3) is 6.64. The molecule has 2 N–H and O–H groups in total. The summed E-state index contributed by atoms with van der Waals surface area (Å²) in [6.07, 6.45) is -4.88. The van der Waals surface area contributed by atoms with Crippen LogP contribution in [0.1, 0.15) is 0 Å². The number of aliphatic carboxylic acids is 2. The normalized spacial score (nSPS) is 13.2. The van der Waals surface area contributed by atoms with Crippen LogP contribution in [0, 0.1) is 0 Å². The third-order valence-corrected chi connectivity index (χ3v) is 0.782. The fourth-order valence-electron chi connectivity index (χ4n) is 0.258. The maximum atomic E-state index is 9.63. The van der Waals surface area contributed by atoms with E-state index in [9.17, 15) is 19.8 Å². The van der Waals surface area contributed by atoms with E-state index >= 15 is 0 Å². The van der Waals surface area contributed by atoms with E-state index in [1.807, 2.05) is 0 Å². The van der Waals surface area contributed by atoms with E-state index in [1.54, 1.807) is 0 Å². The Hall–Kier alpha value is 1.15. The van der Waals surface area contributed by atoms with Gasteiger partial charge in [-0.2, -0.15) is 0 Å². The number of hydrogen-bond donors (Lipinski definition) is 2. The van der Waals surface area contributed by atoms with Crippen molar-refractivity contribution in [2.45, 2.75) is 12.2 Å². The molecule has 0 aromatic heterocycles. The second-order valence-electron chi connectivity index (χ2n) is 1.53. The van der Waals surface area contributed by atoms with E-state index in [2.05, 4.69) is 0 Å². The summed E-state index contributed by atoms with van der Waals surface area (Å²) in [5.41, 5.74) is 0. The second-order valence-corrected chi connectivity index (χ2v) is 1.53. The summed E-state index contributed by atoms with van der Waals surface area (Å²) in [4.78, 5) is 19.3.